The fourth-order valence-electron chi connectivity index (χ4n) is 3.21. The average molecular weight is 341 g/mol. The maximum atomic E-state index is 8.95. The summed E-state index contributed by atoms with van der Waals surface area (Å²) in [5.74, 6) is 1.78. The zero-order valence-corrected chi connectivity index (χ0v) is 14.4. The van der Waals surface area contributed by atoms with E-state index in [2.05, 4.69) is 17.6 Å². The van der Waals surface area contributed by atoms with Crippen LogP contribution in [0, 0.1) is 11.3 Å². The van der Waals surface area contributed by atoms with E-state index in [0.717, 1.165) is 16.7 Å². The van der Waals surface area contributed by atoms with Crippen LogP contribution in [0.5, 0.6) is 5.75 Å². The summed E-state index contributed by atoms with van der Waals surface area (Å²) in [6.07, 6.45) is 2.35. The van der Waals surface area contributed by atoms with E-state index in [-0.39, 0.29) is 5.41 Å². The number of nitriles is 1. The highest BCUT2D eigenvalue weighted by molar-refractivity contribution is 6.32. The Bertz CT molecular complexity index is 973. The predicted molar refractivity (Wildman–Crippen MR) is 92.6 cm³/mol. The maximum Gasteiger partial charge on any atom is 0.203 e. The lowest BCUT2D eigenvalue weighted by atomic mass is 10.1. The van der Waals surface area contributed by atoms with Crippen LogP contribution in [0.2, 0.25) is 5.02 Å². The van der Waals surface area contributed by atoms with Crippen LogP contribution < -0.4 is 4.74 Å². The Kier molecular flexibility index (Phi) is 3.36. The van der Waals surface area contributed by atoms with Crippen LogP contribution in [0.15, 0.2) is 34.7 Å². The van der Waals surface area contributed by atoms with Crippen molar-refractivity contribution in [2.75, 3.05) is 7.11 Å². The number of methoxy groups -OCH3 is 1. The molecule has 122 valence electrons. The molecule has 1 aliphatic carbocycles. The maximum absolute atomic E-state index is 8.95. The van der Waals surface area contributed by atoms with Crippen LogP contribution in [0.3, 0.4) is 0 Å². The monoisotopic (exact) mass is 340 g/mol. The number of aromatic nitrogens is 1. The second kappa shape index (κ2) is 5.32. The number of hydrogen-bond acceptors (Lipinski definition) is 3. The zero-order valence-electron chi connectivity index (χ0n) is 13.6. The van der Waals surface area contributed by atoms with E-state index >= 15 is 0 Å². The molecule has 0 radical (unpaired) electrons. The van der Waals surface area contributed by atoms with Gasteiger partial charge in [-0.2, -0.15) is 5.26 Å². The molecule has 0 bridgehead atoms. The van der Waals surface area contributed by atoms with E-state index in [4.69, 9.17) is 26.0 Å². The van der Waals surface area contributed by atoms with E-state index in [1.54, 1.807) is 13.2 Å². The zero-order chi connectivity index (χ0) is 16.9. The molecule has 1 saturated carbocycles. The Balaban J connectivity index is 1.87. The van der Waals surface area contributed by atoms with Crippen LogP contribution in [0.25, 0.3) is 10.9 Å². The molecule has 0 amide bonds. The molecule has 2 aromatic heterocycles. The summed E-state index contributed by atoms with van der Waals surface area (Å²) >= 11 is 6.34. The fourth-order valence-corrected chi connectivity index (χ4v) is 3.45. The Labute approximate surface area is 145 Å². The first-order valence-corrected chi connectivity index (χ1v) is 8.28. The largest absolute Gasteiger partial charge is 0.495 e. The van der Waals surface area contributed by atoms with Gasteiger partial charge < -0.3 is 13.7 Å². The molecule has 0 spiro atoms. The standard InChI is InChI=1S/C19H17ClN2O2/c1-19(5-6-19)18-8-12-7-17(23-2)15(20)9-16(12)22(18)11-14-4-3-13(10-21)24-14/h3-4,7-9H,5-6,11H2,1-2H3. The van der Waals surface area contributed by atoms with Crippen LogP contribution in [0.4, 0.5) is 0 Å². The smallest absolute Gasteiger partial charge is 0.203 e. The number of furan rings is 1. The minimum absolute atomic E-state index is 0.198. The molecule has 5 heteroatoms. The summed E-state index contributed by atoms with van der Waals surface area (Å²) in [4.78, 5) is 0. The summed E-state index contributed by atoms with van der Waals surface area (Å²) in [5.41, 5.74) is 2.53. The van der Waals surface area contributed by atoms with E-state index in [0.29, 0.717) is 23.1 Å². The van der Waals surface area contributed by atoms with Gasteiger partial charge in [0.1, 0.15) is 17.6 Å². The lowest BCUT2D eigenvalue weighted by Crippen LogP contribution is -2.10. The van der Waals surface area contributed by atoms with Crippen molar-refractivity contribution in [1.29, 1.82) is 5.26 Å². The molecule has 0 unspecified atom stereocenters. The molecule has 0 aliphatic heterocycles. The second-order valence-electron chi connectivity index (χ2n) is 6.60. The number of nitrogens with zero attached hydrogens (tertiary/aromatic N) is 2. The lowest BCUT2D eigenvalue weighted by Gasteiger charge is -2.14. The molecular weight excluding hydrogens is 324 g/mol. The van der Waals surface area contributed by atoms with Crippen molar-refractivity contribution in [1.82, 2.24) is 4.57 Å². The van der Waals surface area contributed by atoms with Crippen molar-refractivity contribution in [2.24, 2.45) is 0 Å². The minimum Gasteiger partial charge on any atom is -0.495 e. The molecule has 4 rings (SSSR count). The Hall–Kier alpha value is -2.38. The molecule has 0 saturated heterocycles. The SMILES string of the molecule is COc1cc2cc(C3(C)CC3)n(Cc3ccc(C#N)o3)c2cc1Cl. The average Bonchev–Trinajstić information content (AvgIpc) is 3.02. The minimum atomic E-state index is 0.198. The number of ether oxygens (including phenoxy) is 1. The summed E-state index contributed by atoms with van der Waals surface area (Å²) in [7, 11) is 1.62. The first-order chi connectivity index (χ1) is 11.5. The molecule has 1 aromatic carbocycles. The van der Waals surface area contributed by atoms with Crippen LogP contribution >= 0.6 is 11.6 Å². The normalized spacial score (nSPS) is 15.4. The van der Waals surface area contributed by atoms with Crippen molar-refractivity contribution < 1.29 is 9.15 Å². The van der Waals surface area contributed by atoms with Crippen molar-refractivity contribution in [2.45, 2.75) is 31.7 Å². The van der Waals surface area contributed by atoms with E-state index in [1.807, 2.05) is 24.3 Å². The van der Waals surface area contributed by atoms with Crippen LogP contribution in [0.1, 0.15) is 37.0 Å². The van der Waals surface area contributed by atoms with Gasteiger partial charge in [0.05, 0.1) is 24.2 Å². The second-order valence-corrected chi connectivity index (χ2v) is 7.01. The van der Waals surface area contributed by atoms with Crippen molar-refractivity contribution >= 4 is 22.5 Å². The number of fused-ring (bicyclic) bond motifs is 1. The topological polar surface area (TPSA) is 51.1 Å². The first-order valence-electron chi connectivity index (χ1n) is 7.90. The third kappa shape index (κ3) is 2.37. The summed E-state index contributed by atoms with van der Waals surface area (Å²) < 4.78 is 13.2. The number of hydrogen-bond donors (Lipinski definition) is 0. The molecule has 4 nitrogen and oxygen atoms in total. The van der Waals surface area contributed by atoms with Gasteiger partial charge in [0.15, 0.2) is 0 Å². The highest BCUT2D eigenvalue weighted by atomic mass is 35.5. The summed E-state index contributed by atoms with van der Waals surface area (Å²) in [6.45, 7) is 2.86. The molecule has 0 atom stereocenters. The van der Waals surface area contributed by atoms with Gasteiger partial charge in [0.2, 0.25) is 5.76 Å². The molecule has 0 N–H and O–H groups in total. The van der Waals surface area contributed by atoms with E-state index < -0.39 is 0 Å². The number of halogens is 1. The fraction of sp³-hybridized carbons (Fsp3) is 0.316. The van der Waals surface area contributed by atoms with E-state index in [9.17, 15) is 0 Å². The first kappa shape index (κ1) is 15.2. The van der Waals surface area contributed by atoms with Gasteiger partial charge in [-0.1, -0.05) is 18.5 Å². The van der Waals surface area contributed by atoms with Gasteiger partial charge in [-0.3, -0.25) is 0 Å². The molecule has 24 heavy (non-hydrogen) atoms. The molecule has 3 aromatic rings. The Morgan fingerprint density at radius 1 is 1.33 bits per heavy atom. The van der Waals surface area contributed by atoms with Crippen molar-refractivity contribution in [3.63, 3.8) is 0 Å². The van der Waals surface area contributed by atoms with Gasteiger partial charge >= 0.3 is 0 Å². The van der Waals surface area contributed by atoms with Crippen molar-refractivity contribution in [3.05, 3.63) is 52.6 Å². The molecule has 2 heterocycles. The summed E-state index contributed by atoms with van der Waals surface area (Å²) in [5, 5.41) is 10.6. The highest BCUT2D eigenvalue weighted by Crippen LogP contribution is 2.49. The third-order valence-electron chi connectivity index (χ3n) is 4.88. The lowest BCUT2D eigenvalue weighted by molar-refractivity contribution is 0.415. The van der Waals surface area contributed by atoms with Gasteiger partial charge in [0.25, 0.3) is 0 Å². The number of benzene rings is 1. The third-order valence-corrected chi connectivity index (χ3v) is 5.17. The van der Waals surface area contributed by atoms with E-state index in [1.165, 1.54) is 18.5 Å². The Morgan fingerprint density at radius 2 is 2.12 bits per heavy atom. The molecule has 1 fully saturated rings. The quantitative estimate of drug-likeness (QED) is 0.681. The van der Waals surface area contributed by atoms with Crippen LogP contribution in [-0.2, 0) is 12.0 Å². The number of rotatable bonds is 4. The van der Waals surface area contributed by atoms with Gasteiger partial charge in [-0.05, 0) is 43.2 Å². The molecular formula is C19H17ClN2O2. The molecule has 1 aliphatic rings. The highest BCUT2D eigenvalue weighted by Gasteiger charge is 2.42. The Morgan fingerprint density at radius 3 is 2.75 bits per heavy atom. The van der Waals surface area contributed by atoms with Gasteiger partial charge in [-0.25, -0.2) is 0 Å². The van der Waals surface area contributed by atoms with Crippen LogP contribution in [-0.4, -0.2) is 11.7 Å². The van der Waals surface area contributed by atoms with Gasteiger partial charge in [-0.15, -0.1) is 0 Å². The summed E-state index contributed by atoms with van der Waals surface area (Å²) in [6, 6.07) is 11.7. The predicted octanol–water partition coefficient (Wildman–Crippen LogP) is 4.87. The van der Waals surface area contributed by atoms with Gasteiger partial charge in [0, 0.05) is 16.5 Å². The van der Waals surface area contributed by atoms with Crippen molar-refractivity contribution in [3.8, 4) is 11.8 Å².